The molecular weight excluding hydrogens is 314 g/mol. The van der Waals surface area contributed by atoms with Crippen LogP contribution in [-0.4, -0.2) is 32.6 Å². The minimum atomic E-state index is 0. The maximum atomic E-state index is 5.41. The molecule has 1 aromatic rings. The molecule has 20 heavy (non-hydrogen) atoms. The van der Waals surface area contributed by atoms with Crippen molar-refractivity contribution in [2.24, 2.45) is 0 Å². The standard InChI is InChI=1S/C17H27NO.BrH/c1-18(2)13-12-17(10-5-4-6-11-17)15-8-7-9-16(14-15)19-3;/h7-9,14H,4-6,10-13H2,1-3H3;1H. The second kappa shape index (κ2) is 8.04. The summed E-state index contributed by atoms with van der Waals surface area (Å²) in [6, 6.07) is 8.73. The molecule has 0 aromatic heterocycles. The summed E-state index contributed by atoms with van der Waals surface area (Å²) in [5.74, 6) is 0.993. The highest BCUT2D eigenvalue weighted by Gasteiger charge is 2.33. The Labute approximate surface area is 134 Å². The third kappa shape index (κ3) is 4.23. The second-order valence-corrected chi connectivity index (χ2v) is 6.13. The zero-order chi connectivity index (χ0) is 13.7. The summed E-state index contributed by atoms with van der Waals surface area (Å²) in [6.07, 6.45) is 8.04. The van der Waals surface area contributed by atoms with Crippen molar-refractivity contribution in [3.8, 4) is 5.75 Å². The molecule has 0 saturated heterocycles. The van der Waals surface area contributed by atoms with E-state index in [2.05, 4.69) is 37.2 Å². The van der Waals surface area contributed by atoms with E-state index in [0.717, 1.165) is 12.3 Å². The van der Waals surface area contributed by atoms with Gasteiger partial charge in [0.15, 0.2) is 0 Å². The minimum Gasteiger partial charge on any atom is -0.497 e. The predicted molar refractivity (Wildman–Crippen MR) is 91.3 cm³/mol. The lowest BCUT2D eigenvalue weighted by Crippen LogP contribution is -2.33. The first-order valence-electron chi connectivity index (χ1n) is 7.46. The lowest BCUT2D eigenvalue weighted by atomic mass is 9.67. The largest absolute Gasteiger partial charge is 0.497 e. The molecule has 114 valence electrons. The zero-order valence-corrected chi connectivity index (χ0v) is 14.7. The van der Waals surface area contributed by atoms with Gasteiger partial charge in [0.05, 0.1) is 7.11 Å². The lowest BCUT2D eigenvalue weighted by molar-refractivity contribution is 0.241. The third-order valence-electron chi connectivity index (χ3n) is 4.53. The molecule has 0 aliphatic heterocycles. The Balaban J connectivity index is 0.00000200. The van der Waals surface area contributed by atoms with E-state index in [9.17, 15) is 0 Å². The maximum Gasteiger partial charge on any atom is 0.119 e. The second-order valence-electron chi connectivity index (χ2n) is 6.13. The van der Waals surface area contributed by atoms with Crippen LogP contribution >= 0.6 is 17.0 Å². The molecule has 1 aliphatic carbocycles. The fraction of sp³-hybridized carbons (Fsp3) is 0.647. The smallest absolute Gasteiger partial charge is 0.119 e. The molecule has 0 amide bonds. The Bertz CT molecular complexity index is 400. The molecule has 0 N–H and O–H groups in total. The first-order chi connectivity index (χ1) is 9.16. The average Bonchev–Trinajstić information content (AvgIpc) is 2.46. The third-order valence-corrected chi connectivity index (χ3v) is 4.53. The Morgan fingerprint density at radius 1 is 1.15 bits per heavy atom. The number of rotatable bonds is 5. The van der Waals surface area contributed by atoms with Crippen LogP contribution in [0.2, 0.25) is 0 Å². The van der Waals surface area contributed by atoms with E-state index >= 15 is 0 Å². The van der Waals surface area contributed by atoms with Crippen LogP contribution in [0.25, 0.3) is 0 Å². The SMILES string of the molecule is Br.COc1cccc(C2(CCN(C)C)CCCCC2)c1. The van der Waals surface area contributed by atoms with Crippen molar-refractivity contribution in [3.05, 3.63) is 29.8 Å². The molecule has 1 fully saturated rings. The van der Waals surface area contributed by atoms with Crippen LogP contribution in [0.15, 0.2) is 24.3 Å². The molecule has 0 radical (unpaired) electrons. The van der Waals surface area contributed by atoms with E-state index in [4.69, 9.17) is 4.74 Å². The van der Waals surface area contributed by atoms with Gasteiger partial charge in [-0.25, -0.2) is 0 Å². The Morgan fingerprint density at radius 2 is 1.85 bits per heavy atom. The van der Waals surface area contributed by atoms with Crippen molar-refractivity contribution in [2.45, 2.75) is 43.9 Å². The predicted octanol–water partition coefficient (Wildman–Crippen LogP) is 4.43. The molecule has 3 heteroatoms. The Hall–Kier alpha value is -0.540. The summed E-state index contributed by atoms with van der Waals surface area (Å²) >= 11 is 0. The Kier molecular flexibility index (Phi) is 7.04. The van der Waals surface area contributed by atoms with Crippen LogP contribution in [0, 0.1) is 0 Å². The highest BCUT2D eigenvalue weighted by molar-refractivity contribution is 8.93. The molecular formula is C17H28BrNO. The summed E-state index contributed by atoms with van der Waals surface area (Å²) < 4.78 is 5.41. The van der Waals surface area contributed by atoms with E-state index in [0.29, 0.717) is 5.41 Å². The van der Waals surface area contributed by atoms with E-state index in [1.54, 1.807) is 7.11 Å². The Morgan fingerprint density at radius 3 is 2.45 bits per heavy atom. The molecule has 0 unspecified atom stereocenters. The van der Waals surface area contributed by atoms with Crippen molar-refractivity contribution in [3.63, 3.8) is 0 Å². The van der Waals surface area contributed by atoms with Gasteiger partial charge in [-0.05, 0) is 63.0 Å². The minimum absolute atomic E-state index is 0. The van der Waals surface area contributed by atoms with Crippen LogP contribution in [0.4, 0.5) is 0 Å². The summed E-state index contributed by atoms with van der Waals surface area (Å²) in [5.41, 5.74) is 1.85. The monoisotopic (exact) mass is 341 g/mol. The summed E-state index contributed by atoms with van der Waals surface area (Å²) in [5, 5.41) is 0. The van der Waals surface area contributed by atoms with Gasteiger partial charge in [0, 0.05) is 0 Å². The number of hydrogen-bond donors (Lipinski definition) is 0. The fourth-order valence-electron chi connectivity index (χ4n) is 3.30. The number of hydrogen-bond acceptors (Lipinski definition) is 2. The van der Waals surface area contributed by atoms with Crippen LogP contribution in [0.5, 0.6) is 5.75 Å². The summed E-state index contributed by atoms with van der Waals surface area (Å²) in [4.78, 5) is 2.30. The van der Waals surface area contributed by atoms with Gasteiger partial charge in [-0.3, -0.25) is 0 Å². The topological polar surface area (TPSA) is 12.5 Å². The van der Waals surface area contributed by atoms with Crippen LogP contribution in [0.3, 0.4) is 0 Å². The van der Waals surface area contributed by atoms with Crippen molar-refractivity contribution >= 4 is 17.0 Å². The molecule has 0 spiro atoms. The maximum absolute atomic E-state index is 5.41. The molecule has 1 aromatic carbocycles. The van der Waals surface area contributed by atoms with Crippen molar-refractivity contribution < 1.29 is 4.74 Å². The quantitative estimate of drug-likeness (QED) is 0.785. The van der Waals surface area contributed by atoms with E-state index in [1.165, 1.54) is 44.1 Å². The number of halogens is 1. The highest BCUT2D eigenvalue weighted by atomic mass is 79.9. The molecule has 0 heterocycles. The first kappa shape index (κ1) is 17.5. The van der Waals surface area contributed by atoms with Gasteiger partial charge in [-0.1, -0.05) is 31.4 Å². The zero-order valence-electron chi connectivity index (χ0n) is 13.0. The fourth-order valence-corrected chi connectivity index (χ4v) is 3.30. The normalized spacial score (nSPS) is 17.6. The average molecular weight is 342 g/mol. The van der Waals surface area contributed by atoms with Crippen LogP contribution in [0.1, 0.15) is 44.1 Å². The van der Waals surface area contributed by atoms with Crippen molar-refractivity contribution in [1.29, 1.82) is 0 Å². The lowest BCUT2D eigenvalue weighted by Gasteiger charge is -2.39. The highest BCUT2D eigenvalue weighted by Crippen LogP contribution is 2.43. The van der Waals surface area contributed by atoms with Gasteiger partial charge < -0.3 is 9.64 Å². The van der Waals surface area contributed by atoms with Crippen LogP contribution < -0.4 is 4.74 Å². The number of ether oxygens (including phenoxy) is 1. The number of methoxy groups -OCH3 is 1. The summed E-state index contributed by atoms with van der Waals surface area (Å²) in [7, 11) is 6.09. The number of benzene rings is 1. The van der Waals surface area contributed by atoms with Crippen molar-refractivity contribution in [1.82, 2.24) is 4.90 Å². The molecule has 2 nitrogen and oxygen atoms in total. The van der Waals surface area contributed by atoms with Gasteiger partial charge in [0.1, 0.15) is 5.75 Å². The first-order valence-corrected chi connectivity index (χ1v) is 7.46. The van der Waals surface area contributed by atoms with Crippen LogP contribution in [-0.2, 0) is 5.41 Å². The van der Waals surface area contributed by atoms with Gasteiger partial charge >= 0.3 is 0 Å². The molecule has 1 aliphatic rings. The van der Waals surface area contributed by atoms with Gasteiger partial charge in [0.25, 0.3) is 0 Å². The molecule has 0 bridgehead atoms. The molecule has 2 rings (SSSR count). The van der Waals surface area contributed by atoms with E-state index in [-0.39, 0.29) is 17.0 Å². The van der Waals surface area contributed by atoms with E-state index < -0.39 is 0 Å². The molecule has 0 atom stereocenters. The summed E-state index contributed by atoms with van der Waals surface area (Å²) in [6.45, 7) is 1.16. The van der Waals surface area contributed by atoms with Gasteiger partial charge in [0.2, 0.25) is 0 Å². The van der Waals surface area contributed by atoms with Gasteiger partial charge in [-0.2, -0.15) is 0 Å². The molecule has 1 saturated carbocycles. The van der Waals surface area contributed by atoms with E-state index in [1.807, 2.05) is 6.07 Å². The van der Waals surface area contributed by atoms with Crippen molar-refractivity contribution in [2.75, 3.05) is 27.7 Å². The van der Waals surface area contributed by atoms with Gasteiger partial charge in [-0.15, -0.1) is 17.0 Å². The number of nitrogens with zero attached hydrogens (tertiary/aromatic N) is 1.